The standard InChI is InChI=1S/C19H19N5OS/c1-13(11-16(25)14-5-3-2-4-6-14)20-17-7-8-18-21-22-19(24(18)23-17)15-9-10-26-12-15/h2-10,12-13,16,25H,11H2,1H3,(H,20,23). The number of benzene rings is 1. The number of hydrogen-bond acceptors (Lipinski definition) is 6. The first-order valence-corrected chi connectivity index (χ1v) is 9.39. The smallest absolute Gasteiger partial charge is 0.186 e. The maximum absolute atomic E-state index is 10.4. The maximum Gasteiger partial charge on any atom is 0.186 e. The SMILES string of the molecule is CC(CC(O)c1ccccc1)Nc1ccc2nnc(-c3ccsc3)n2n1. The van der Waals surface area contributed by atoms with Crippen molar-refractivity contribution in [3.63, 3.8) is 0 Å². The Hall–Kier alpha value is -2.77. The number of anilines is 1. The molecule has 0 saturated heterocycles. The van der Waals surface area contributed by atoms with Crippen LogP contribution in [-0.4, -0.2) is 31.0 Å². The number of aliphatic hydroxyl groups excluding tert-OH is 1. The van der Waals surface area contributed by atoms with Gasteiger partial charge in [0, 0.05) is 17.0 Å². The van der Waals surface area contributed by atoms with Gasteiger partial charge < -0.3 is 10.4 Å². The molecule has 4 rings (SSSR count). The van der Waals surface area contributed by atoms with Crippen LogP contribution in [-0.2, 0) is 0 Å². The largest absolute Gasteiger partial charge is 0.388 e. The van der Waals surface area contributed by atoms with Crippen molar-refractivity contribution in [1.29, 1.82) is 0 Å². The van der Waals surface area contributed by atoms with Crippen LogP contribution < -0.4 is 5.32 Å². The topological polar surface area (TPSA) is 75.3 Å². The van der Waals surface area contributed by atoms with E-state index in [1.54, 1.807) is 15.9 Å². The first-order chi connectivity index (χ1) is 12.7. The molecule has 0 radical (unpaired) electrons. The summed E-state index contributed by atoms with van der Waals surface area (Å²) in [7, 11) is 0. The molecule has 132 valence electrons. The van der Waals surface area contributed by atoms with Crippen LogP contribution in [0.25, 0.3) is 17.0 Å². The fourth-order valence-electron chi connectivity index (χ4n) is 2.90. The van der Waals surface area contributed by atoms with E-state index < -0.39 is 6.10 Å². The van der Waals surface area contributed by atoms with Crippen LogP contribution in [0.1, 0.15) is 25.0 Å². The zero-order valence-corrected chi connectivity index (χ0v) is 15.1. The van der Waals surface area contributed by atoms with E-state index in [9.17, 15) is 5.11 Å². The van der Waals surface area contributed by atoms with Crippen molar-refractivity contribution in [2.24, 2.45) is 0 Å². The summed E-state index contributed by atoms with van der Waals surface area (Å²) in [5.41, 5.74) is 2.62. The zero-order valence-electron chi connectivity index (χ0n) is 14.3. The van der Waals surface area contributed by atoms with Gasteiger partial charge in [-0.1, -0.05) is 30.3 Å². The maximum atomic E-state index is 10.4. The van der Waals surface area contributed by atoms with E-state index in [1.165, 1.54) is 0 Å². The van der Waals surface area contributed by atoms with Gasteiger partial charge in [0.25, 0.3) is 0 Å². The summed E-state index contributed by atoms with van der Waals surface area (Å²) in [6.07, 6.45) is 0.0715. The molecular weight excluding hydrogens is 346 g/mol. The third-order valence-electron chi connectivity index (χ3n) is 4.20. The van der Waals surface area contributed by atoms with Crippen molar-refractivity contribution in [3.05, 3.63) is 64.9 Å². The van der Waals surface area contributed by atoms with Crippen LogP contribution in [0.4, 0.5) is 5.82 Å². The van der Waals surface area contributed by atoms with E-state index in [0.717, 1.165) is 22.8 Å². The minimum atomic E-state index is -0.515. The van der Waals surface area contributed by atoms with Crippen molar-refractivity contribution >= 4 is 22.8 Å². The first kappa shape index (κ1) is 16.7. The van der Waals surface area contributed by atoms with E-state index in [0.29, 0.717) is 12.1 Å². The van der Waals surface area contributed by atoms with Gasteiger partial charge in [-0.25, -0.2) is 0 Å². The van der Waals surface area contributed by atoms with Crippen molar-refractivity contribution in [2.45, 2.75) is 25.5 Å². The molecule has 0 bridgehead atoms. The lowest BCUT2D eigenvalue weighted by atomic mass is 10.0. The monoisotopic (exact) mass is 365 g/mol. The molecule has 26 heavy (non-hydrogen) atoms. The Kier molecular flexibility index (Phi) is 4.64. The normalized spacial score (nSPS) is 13.6. The van der Waals surface area contributed by atoms with Crippen molar-refractivity contribution in [1.82, 2.24) is 19.8 Å². The summed E-state index contributed by atoms with van der Waals surface area (Å²) in [5, 5.41) is 30.8. The summed E-state index contributed by atoms with van der Waals surface area (Å²) in [4.78, 5) is 0. The molecule has 2 atom stereocenters. The highest BCUT2D eigenvalue weighted by atomic mass is 32.1. The fourth-order valence-corrected chi connectivity index (χ4v) is 3.53. The average molecular weight is 365 g/mol. The van der Waals surface area contributed by atoms with Crippen molar-refractivity contribution in [3.8, 4) is 11.4 Å². The summed E-state index contributed by atoms with van der Waals surface area (Å²) < 4.78 is 1.74. The molecule has 0 fully saturated rings. The molecule has 3 heterocycles. The Bertz CT molecular complexity index is 984. The molecule has 7 heteroatoms. The fraction of sp³-hybridized carbons (Fsp3) is 0.211. The lowest BCUT2D eigenvalue weighted by Gasteiger charge is -2.18. The molecule has 0 amide bonds. The minimum absolute atomic E-state index is 0.0521. The lowest BCUT2D eigenvalue weighted by Crippen LogP contribution is -2.20. The van der Waals surface area contributed by atoms with Gasteiger partial charge in [0.2, 0.25) is 0 Å². The van der Waals surface area contributed by atoms with Crippen LogP contribution in [0.2, 0.25) is 0 Å². The molecule has 1 aromatic carbocycles. The number of aliphatic hydroxyl groups is 1. The number of hydrogen-bond donors (Lipinski definition) is 2. The second-order valence-corrected chi connectivity index (χ2v) is 7.01. The van der Waals surface area contributed by atoms with Crippen LogP contribution in [0.5, 0.6) is 0 Å². The zero-order chi connectivity index (χ0) is 17.9. The Balaban J connectivity index is 1.51. The van der Waals surface area contributed by atoms with E-state index in [1.807, 2.05) is 66.2 Å². The summed E-state index contributed by atoms with van der Waals surface area (Å²) in [6, 6.07) is 15.5. The number of thiophene rings is 1. The van der Waals surface area contributed by atoms with E-state index in [2.05, 4.69) is 20.6 Å². The molecule has 6 nitrogen and oxygen atoms in total. The highest BCUT2D eigenvalue weighted by Crippen LogP contribution is 2.22. The molecule has 0 aliphatic heterocycles. The highest BCUT2D eigenvalue weighted by Gasteiger charge is 2.14. The Morgan fingerprint density at radius 1 is 1.12 bits per heavy atom. The lowest BCUT2D eigenvalue weighted by molar-refractivity contribution is 0.162. The molecule has 2 unspecified atom stereocenters. The number of rotatable bonds is 6. The van der Waals surface area contributed by atoms with Gasteiger partial charge in [-0.2, -0.15) is 15.9 Å². The molecule has 0 aliphatic carbocycles. The van der Waals surface area contributed by atoms with Crippen LogP contribution in [0.15, 0.2) is 59.3 Å². The molecule has 4 aromatic rings. The van der Waals surface area contributed by atoms with Gasteiger partial charge in [0.05, 0.1) is 6.10 Å². The van der Waals surface area contributed by atoms with Crippen molar-refractivity contribution in [2.75, 3.05) is 5.32 Å². The molecule has 0 spiro atoms. The second-order valence-electron chi connectivity index (χ2n) is 6.23. The Labute approximate surface area is 155 Å². The third-order valence-corrected chi connectivity index (χ3v) is 4.88. The third kappa shape index (κ3) is 3.44. The van der Waals surface area contributed by atoms with E-state index in [4.69, 9.17) is 0 Å². The summed E-state index contributed by atoms with van der Waals surface area (Å²) in [6.45, 7) is 2.03. The molecule has 2 N–H and O–H groups in total. The van der Waals surface area contributed by atoms with Gasteiger partial charge in [0.1, 0.15) is 5.82 Å². The highest BCUT2D eigenvalue weighted by molar-refractivity contribution is 7.08. The molecule has 3 aromatic heterocycles. The number of aromatic nitrogens is 4. The predicted octanol–water partition coefficient (Wildman–Crippen LogP) is 3.78. The summed E-state index contributed by atoms with van der Waals surface area (Å²) >= 11 is 1.61. The molecule has 0 aliphatic rings. The molecule has 0 saturated carbocycles. The van der Waals surface area contributed by atoms with Crippen molar-refractivity contribution < 1.29 is 5.11 Å². The van der Waals surface area contributed by atoms with Gasteiger partial charge in [-0.3, -0.25) is 0 Å². The van der Waals surface area contributed by atoms with Crippen LogP contribution >= 0.6 is 11.3 Å². The minimum Gasteiger partial charge on any atom is -0.388 e. The number of nitrogens with zero attached hydrogens (tertiary/aromatic N) is 4. The van der Waals surface area contributed by atoms with Gasteiger partial charge in [-0.15, -0.1) is 15.3 Å². The summed E-state index contributed by atoms with van der Waals surface area (Å²) in [5.74, 6) is 1.45. The average Bonchev–Trinajstić information content (AvgIpc) is 3.31. The first-order valence-electron chi connectivity index (χ1n) is 8.45. The van der Waals surface area contributed by atoms with E-state index in [-0.39, 0.29) is 6.04 Å². The second kappa shape index (κ2) is 7.23. The number of fused-ring (bicyclic) bond motifs is 1. The predicted molar refractivity (Wildman–Crippen MR) is 103 cm³/mol. The van der Waals surface area contributed by atoms with Crippen LogP contribution in [0, 0.1) is 0 Å². The quantitative estimate of drug-likeness (QED) is 0.544. The van der Waals surface area contributed by atoms with E-state index >= 15 is 0 Å². The van der Waals surface area contributed by atoms with Crippen LogP contribution in [0.3, 0.4) is 0 Å². The van der Waals surface area contributed by atoms with Gasteiger partial charge in [0.15, 0.2) is 11.5 Å². The number of nitrogens with one attached hydrogen (secondary N) is 1. The molecular formula is C19H19N5OS. The Morgan fingerprint density at radius 3 is 2.73 bits per heavy atom. The van der Waals surface area contributed by atoms with Gasteiger partial charge >= 0.3 is 0 Å². The Morgan fingerprint density at radius 2 is 1.96 bits per heavy atom. The van der Waals surface area contributed by atoms with Gasteiger partial charge in [-0.05, 0) is 42.5 Å².